The van der Waals surface area contributed by atoms with Crippen molar-refractivity contribution in [3.8, 4) is 0 Å². The van der Waals surface area contributed by atoms with Gasteiger partial charge in [-0.15, -0.1) is 11.4 Å². The molecule has 138 valence electrons. The van der Waals surface area contributed by atoms with Crippen LogP contribution in [0, 0.1) is 41.5 Å². The van der Waals surface area contributed by atoms with Crippen molar-refractivity contribution in [3.63, 3.8) is 0 Å². The van der Waals surface area contributed by atoms with E-state index in [1.54, 1.807) is 6.26 Å². The molecule has 0 spiro atoms. The number of hydrogen-bond acceptors (Lipinski definition) is 4. The molecule has 2 aromatic rings. The fourth-order valence-electron chi connectivity index (χ4n) is 3.59. The molecule has 2 aromatic carbocycles. The van der Waals surface area contributed by atoms with E-state index < -0.39 is 5.24 Å². The van der Waals surface area contributed by atoms with Crippen molar-refractivity contribution in [2.24, 2.45) is 0 Å². The summed E-state index contributed by atoms with van der Waals surface area (Å²) in [4.78, 5) is 26.9. The standard InChI is InChI=1S/C21H25O2PS2/c1-12-8-14(3)18(15(4)9-12)20(22)24(25,26-7)21(23)19-16(5)10-13(2)11-17(19)6/h8-11H,1-7H3. The van der Waals surface area contributed by atoms with Crippen LogP contribution in [0.3, 0.4) is 0 Å². The molecule has 2 rings (SSSR count). The minimum atomic E-state index is -2.99. The first-order valence-corrected chi connectivity index (χ1v) is 13.1. The van der Waals surface area contributed by atoms with Gasteiger partial charge in [0.25, 0.3) is 0 Å². The molecule has 5 heteroatoms. The van der Waals surface area contributed by atoms with Gasteiger partial charge >= 0.3 is 0 Å². The van der Waals surface area contributed by atoms with Gasteiger partial charge in [-0.3, -0.25) is 9.59 Å². The van der Waals surface area contributed by atoms with Gasteiger partial charge in [0.1, 0.15) is 5.24 Å². The first kappa shape index (κ1) is 21.1. The molecule has 0 aromatic heterocycles. The number of carbonyl (C=O) groups excluding carboxylic acids is 2. The number of hydrogen-bond donors (Lipinski definition) is 0. The zero-order valence-electron chi connectivity index (χ0n) is 16.4. The van der Waals surface area contributed by atoms with Crippen molar-refractivity contribution in [1.82, 2.24) is 0 Å². The highest BCUT2D eigenvalue weighted by Crippen LogP contribution is 2.63. The van der Waals surface area contributed by atoms with Crippen molar-refractivity contribution >= 4 is 39.5 Å². The van der Waals surface area contributed by atoms with E-state index in [1.165, 1.54) is 11.4 Å². The second kappa shape index (κ2) is 7.80. The van der Waals surface area contributed by atoms with Crippen molar-refractivity contribution in [1.29, 1.82) is 0 Å². The smallest absolute Gasteiger partial charge is 0.211 e. The van der Waals surface area contributed by atoms with E-state index in [1.807, 2.05) is 65.8 Å². The first-order valence-electron chi connectivity index (χ1n) is 8.44. The maximum Gasteiger partial charge on any atom is 0.211 e. The molecular formula is C21H25O2PS2. The molecule has 0 aliphatic rings. The highest BCUT2D eigenvalue weighted by Gasteiger charge is 2.38. The maximum atomic E-state index is 13.5. The highest BCUT2D eigenvalue weighted by atomic mass is 32.9. The summed E-state index contributed by atoms with van der Waals surface area (Å²) in [7, 11) is 0. The first-order chi connectivity index (χ1) is 12.0. The Morgan fingerprint density at radius 2 is 1.00 bits per heavy atom. The number of rotatable bonds is 5. The Morgan fingerprint density at radius 1 is 0.731 bits per heavy atom. The van der Waals surface area contributed by atoms with Crippen LogP contribution < -0.4 is 0 Å². The van der Waals surface area contributed by atoms with Crippen LogP contribution in [0.2, 0.25) is 0 Å². The Morgan fingerprint density at radius 3 is 1.23 bits per heavy atom. The molecule has 0 atom stereocenters. The lowest BCUT2D eigenvalue weighted by molar-refractivity contribution is 0.105. The van der Waals surface area contributed by atoms with Crippen LogP contribution in [0.1, 0.15) is 54.1 Å². The number of aryl methyl sites for hydroxylation is 6. The summed E-state index contributed by atoms with van der Waals surface area (Å²) < 4.78 is 0. The SMILES string of the molecule is CSP(=S)(C(=O)c1c(C)cc(C)cc1C)C(=O)c1c(C)cc(C)cc1C. The van der Waals surface area contributed by atoms with Crippen LogP contribution in [0.5, 0.6) is 0 Å². The van der Waals surface area contributed by atoms with E-state index in [4.69, 9.17) is 11.8 Å². The third-order valence-corrected chi connectivity index (χ3v) is 11.5. The number of carbonyl (C=O) groups is 2. The Hall–Kier alpha value is -1.22. The largest absolute Gasteiger partial charge is 0.287 e. The topological polar surface area (TPSA) is 34.1 Å². The van der Waals surface area contributed by atoms with Gasteiger partial charge in [0.05, 0.1) is 0 Å². The second-order valence-corrected chi connectivity index (χ2v) is 14.2. The lowest BCUT2D eigenvalue weighted by Crippen LogP contribution is -2.13. The predicted octanol–water partition coefficient (Wildman–Crippen LogP) is 6.28. The summed E-state index contributed by atoms with van der Waals surface area (Å²) in [6.45, 7) is 11.7. The van der Waals surface area contributed by atoms with E-state index in [0.717, 1.165) is 33.4 Å². The van der Waals surface area contributed by atoms with Crippen molar-refractivity contribution in [2.75, 3.05) is 6.26 Å². The van der Waals surface area contributed by atoms with Crippen LogP contribution in [0.4, 0.5) is 0 Å². The fraction of sp³-hybridized carbons (Fsp3) is 0.333. The van der Waals surface area contributed by atoms with Crippen molar-refractivity contribution in [3.05, 3.63) is 68.8 Å². The second-order valence-electron chi connectivity index (χ2n) is 6.89. The third-order valence-electron chi connectivity index (χ3n) is 4.57. The molecule has 2 nitrogen and oxygen atoms in total. The normalized spacial score (nSPS) is 11.5. The van der Waals surface area contributed by atoms with Gasteiger partial charge in [-0.2, -0.15) is 0 Å². The van der Waals surface area contributed by atoms with Crippen LogP contribution in [0.15, 0.2) is 24.3 Å². The van der Waals surface area contributed by atoms with Gasteiger partial charge in [-0.05, 0) is 70.1 Å². The molecule has 0 radical (unpaired) electrons. The summed E-state index contributed by atoms with van der Waals surface area (Å²) in [5.74, 6) is 0. The van der Waals surface area contributed by atoms with Gasteiger partial charge in [0.15, 0.2) is 0 Å². The summed E-state index contributed by atoms with van der Waals surface area (Å²) in [5, 5.41) is -2.99. The molecule has 0 saturated heterocycles. The average Bonchev–Trinajstić information content (AvgIpc) is 2.51. The van der Waals surface area contributed by atoms with Gasteiger partial charge < -0.3 is 0 Å². The Labute approximate surface area is 165 Å². The third kappa shape index (κ3) is 3.74. The molecule has 0 amide bonds. The van der Waals surface area contributed by atoms with E-state index >= 15 is 0 Å². The monoisotopic (exact) mass is 404 g/mol. The molecule has 0 heterocycles. The quantitative estimate of drug-likeness (QED) is 0.550. The van der Waals surface area contributed by atoms with Crippen molar-refractivity contribution < 1.29 is 9.59 Å². The summed E-state index contributed by atoms with van der Waals surface area (Å²) in [6.07, 6.45) is 1.79. The molecule has 26 heavy (non-hydrogen) atoms. The predicted molar refractivity (Wildman–Crippen MR) is 118 cm³/mol. The van der Waals surface area contributed by atoms with Crippen molar-refractivity contribution in [2.45, 2.75) is 41.5 Å². The van der Waals surface area contributed by atoms with Gasteiger partial charge in [-0.1, -0.05) is 47.2 Å². The lowest BCUT2D eigenvalue weighted by atomic mass is 10.0. The molecule has 0 N–H and O–H groups in total. The highest BCUT2D eigenvalue weighted by molar-refractivity contribution is 8.80. The Bertz CT molecular complexity index is 841. The number of benzene rings is 2. The fourth-order valence-corrected chi connectivity index (χ4v) is 7.49. The van der Waals surface area contributed by atoms with E-state index in [-0.39, 0.29) is 11.0 Å². The average molecular weight is 405 g/mol. The van der Waals surface area contributed by atoms with Crippen LogP contribution in [0.25, 0.3) is 0 Å². The molecule has 0 fully saturated rings. The summed E-state index contributed by atoms with van der Waals surface area (Å²) in [5.41, 5.74) is 6.63. The zero-order valence-corrected chi connectivity index (χ0v) is 18.9. The Kier molecular flexibility index (Phi) is 6.32. The van der Waals surface area contributed by atoms with Gasteiger partial charge in [-0.25, -0.2) is 0 Å². The van der Waals surface area contributed by atoms with E-state index in [9.17, 15) is 9.59 Å². The molecular weight excluding hydrogens is 379 g/mol. The van der Waals surface area contributed by atoms with Crippen LogP contribution in [-0.2, 0) is 11.8 Å². The minimum absolute atomic E-state index is 0.181. The minimum Gasteiger partial charge on any atom is -0.287 e. The maximum absolute atomic E-state index is 13.5. The zero-order chi connectivity index (χ0) is 19.8. The lowest BCUT2D eigenvalue weighted by Gasteiger charge is -2.22. The molecule has 0 bridgehead atoms. The molecule has 0 unspecified atom stereocenters. The van der Waals surface area contributed by atoms with E-state index in [0.29, 0.717) is 11.1 Å². The van der Waals surface area contributed by atoms with Gasteiger partial charge in [0, 0.05) is 11.1 Å². The molecule has 0 saturated carbocycles. The molecule has 0 aliphatic carbocycles. The van der Waals surface area contributed by atoms with E-state index in [2.05, 4.69) is 0 Å². The van der Waals surface area contributed by atoms with Gasteiger partial charge in [0.2, 0.25) is 11.0 Å². The molecule has 0 aliphatic heterocycles. The van der Waals surface area contributed by atoms with Crippen LogP contribution in [-0.4, -0.2) is 17.3 Å². The Balaban J connectivity index is 2.64. The summed E-state index contributed by atoms with van der Waals surface area (Å²) in [6, 6.07) is 7.92. The van der Waals surface area contributed by atoms with Crippen LogP contribution >= 0.6 is 16.6 Å². The summed E-state index contributed by atoms with van der Waals surface area (Å²) >= 11 is 7.04.